The number of hydrogen-bond acceptors (Lipinski definition) is 5. The Morgan fingerprint density at radius 2 is 1.93 bits per heavy atom. The Kier molecular flexibility index (Phi) is 5.98. The van der Waals surface area contributed by atoms with E-state index in [0.717, 1.165) is 19.8 Å². The van der Waals surface area contributed by atoms with E-state index in [4.69, 9.17) is 0 Å². The first-order valence-electron chi connectivity index (χ1n) is 9.36. The van der Waals surface area contributed by atoms with Crippen molar-refractivity contribution in [2.45, 2.75) is 64.1 Å². The van der Waals surface area contributed by atoms with Gasteiger partial charge in [-0.15, -0.1) is 0 Å². The Morgan fingerprint density at radius 1 is 1.19 bits per heavy atom. The summed E-state index contributed by atoms with van der Waals surface area (Å²) in [5.41, 5.74) is 0.218. The van der Waals surface area contributed by atoms with Crippen LogP contribution in [0.4, 0.5) is 23.5 Å². The third-order valence-corrected chi connectivity index (χ3v) is 5.04. The van der Waals surface area contributed by atoms with E-state index in [1.807, 2.05) is 0 Å². The third-order valence-electron chi connectivity index (χ3n) is 5.04. The maximum absolute atomic E-state index is 14.3. The second kappa shape index (κ2) is 8.08. The Hall–Kier alpha value is -1.77. The zero-order chi connectivity index (χ0) is 19.6. The standard InChI is InChI=1S/C18H24F4N4O/c1-10(18(20,21)22)5-8-14-24-16(12-3-2-4-13(27)15(12)19)26-17(25-14)23-9-11-6-7-11/h10-11,13,27H,2-9H2,1H3,(H,23,24,25,26)/t10-,13?/m0/s1. The SMILES string of the molecule is C[C@@H](CCc1nc(NCC2CC2)nc(C2=C(F)C(O)CCC2)n1)C(F)(F)F. The van der Waals surface area contributed by atoms with Crippen molar-refractivity contribution in [3.05, 3.63) is 17.5 Å². The summed E-state index contributed by atoms with van der Waals surface area (Å²) in [7, 11) is 0. The van der Waals surface area contributed by atoms with Crippen molar-refractivity contribution in [1.82, 2.24) is 15.0 Å². The second-order valence-electron chi connectivity index (χ2n) is 7.44. The van der Waals surface area contributed by atoms with E-state index in [-0.39, 0.29) is 36.0 Å². The van der Waals surface area contributed by atoms with Gasteiger partial charge in [0.05, 0.1) is 5.92 Å². The Morgan fingerprint density at radius 3 is 2.59 bits per heavy atom. The molecule has 5 nitrogen and oxygen atoms in total. The van der Waals surface area contributed by atoms with Gasteiger partial charge in [0.25, 0.3) is 0 Å². The average Bonchev–Trinajstić information content (AvgIpc) is 3.43. The minimum absolute atomic E-state index is 0.0196. The number of nitrogens with zero attached hydrogens (tertiary/aromatic N) is 3. The van der Waals surface area contributed by atoms with Crippen LogP contribution in [0.1, 0.15) is 57.1 Å². The van der Waals surface area contributed by atoms with Crippen LogP contribution in [0.25, 0.3) is 5.57 Å². The number of aryl methyl sites for hydroxylation is 1. The molecule has 150 valence electrons. The molecule has 27 heavy (non-hydrogen) atoms. The molecule has 0 aliphatic heterocycles. The van der Waals surface area contributed by atoms with Gasteiger partial charge in [0.15, 0.2) is 5.82 Å². The van der Waals surface area contributed by atoms with Gasteiger partial charge in [-0.3, -0.25) is 0 Å². The van der Waals surface area contributed by atoms with Gasteiger partial charge >= 0.3 is 6.18 Å². The molecule has 0 radical (unpaired) electrons. The number of nitrogens with one attached hydrogen (secondary N) is 1. The van der Waals surface area contributed by atoms with Crippen LogP contribution in [0.15, 0.2) is 5.83 Å². The van der Waals surface area contributed by atoms with Crippen molar-refractivity contribution < 1.29 is 22.7 Å². The summed E-state index contributed by atoms with van der Waals surface area (Å²) in [4.78, 5) is 12.7. The van der Waals surface area contributed by atoms with Crippen molar-refractivity contribution in [2.24, 2.45) is 11.8 Å². The molecule has 2 atom stereocenters. The summed E-state index contributed by atoms with van der Waals surface area (Å²) in [6.07, 6.45) is -2.03. The van der Waals surface area contributed by atoms with Gasteiger partial charge < -0.3 is 10.4 Å². The summed E-state index contributed by atoms with van der Waals surface area (Å²) in [5, 5.41) is 12.8. The predicted molar refractivity (Wildman–Crippen MR) is 92.5 cm³/mol. The largest absolute Gasteiger partial charge is 0.391 e. The summed E-state index contributed by atoms with van der Waals surface area (Å²) in [6.45, 7) is 1.79. The zero-order valence-corrected chi connectivity index (χ0v) is 15.2. The summed E-state index contributed by atoms with van der Waals surface area (Å²) in [5.74, 6) is -1.03. The lowest BCUT2D eigenvalue weighted by Gasteiger charge is -2.20. The lowest BCUT2D eigenvalue weighted by atomic mass is 9.95. The van der Waals surface area contributed by atoms with Crippen LogP contribution in [0.2, 0.25) is 0 Å². The van der Waals surface area contributed by atoms with E-state index in [2.05, 4.69) is 20.3 Å². The lowest BCUT2D eigenvalue weighted by molar-refractivity contribution is -0.171. The van der Waals surface area contributed by atoms with Gasteiger partial charge in [0.2, 0.25) is 5.95 Å². The van der Waals surface area contributed by atoms with Crippen LogP contribution >= 0.6 is 0 Å². The highest BCUT2D eigenvalue weighted by Crippen LogP contribution is 2.33. The van der Waals surface area contributed by atoms with Crippen molar-refractivity contribution >= 4 is 11.5 Å². The maximum atomic E-state index is 14.3. The van der Waals surface area contributed by atoms with Crippen LogP contribution in [-0.4, -0.2) is 38.9 Å². The molecule has 2 aliphatic rings. The van der Waals surface area contributed by atoms with Crippen LogP contribution in [-0.2, 0) is 6.42 Å². The van der Waals surface area contributed by atoms with E-state index in [0.29, 0.717) is 31.7 Å². The number of anilines is 1. The van der Waals surface area contributed by atoms with Gasteiger partial charge in [-0.1, -0.05) is 6.92 Å². The van der Waals surface area contributed by atoms with Crippen molar-refractivity contribution in [2.75, 3.05) is 11.9 Å². The average molecular weight is 388 g/mol. The van der Waals surface area contributed by atoms with Crippen LogP contribution < -0.4 is 5.32 Å². The molecular weight excluding hydrogens is 364 g/mol. The molecule has 0 bridgehead atoms. The molecule has 1 aromatic rings. The number of halogens is 4. The fourth-order valence-electron chi connectivity index (χ4n) is 2.95. The Bertz CT molecular complexity index is 703. The number of alkyl halides is 3. The van der Waals surface area contributed by atoms with Gasteiger partial charge in [0.1, 0.15) is 17.8 Å². The third kappa shape index (κ3) is 5.37. The van der Waals surface area contributed by atoms with E-state index in [1.165, 1.54) is 0 Å². The molecule has 1 unspecified atom stereocenters. The summed E-state index contributed by atoms with van der Waals surface area (Å²) >= 11 is 0. The maximum Gasteiger partial charge on any atom is 0.391 e. The van der Waals surface area contributed by atoms with Gasteiger partial charge in [0, 0.05) is 18.5 Å². The number of aromatic nitrogens is 3. The van der Waals surface area contributed by atoms with Crippen LogP contribution in [0, 0.1) is 11.8 Å². The molecular formula is C18H24F4N4O. The molecule has 1 fully saturated rings. The molecule has 0 aromatic carbocycles. The highest BCUT2D eigenvalue weighted by Gasteiger charge is 2.35. The predicted octanol–water partition coefficient (Wildman–Crippen LogP) is 4.05. The van der Waals surface area contributed by atoms with E-state index in [9.17, 15) is 22.7 Å². The van der Waals surface area contributed by atoms with Gasteiger partial charge in [-0.05, 0) is 44.4 Å². The van der Waals surface area contributed by atoms with E-state index in [1.54, 1.807) is 0 Å². The zero-order valence-electron chi connectivity index (χ0n) is 15.2. The van der Waals surface area contributed by atoms with Crippen LogP contribution in [0.5, 0.6) is 0 Å². The molecule has 2 N–H and O–H groups in total. The van der Waals surface area contributed by atoms with E-state index < -0.39 is 24.0 Å². The molecule has 2 aliphatic carbocycles. The number of rotatable bonds is 7. The van der Waals surface area contributed by atoms with E-state index >= 15 is 0 Å². The molecule has 3 rings (SSSR count). The normalized spacial score (nSPS) is 22.1. The second-order valence-corrected chi connectivity index (χ2v) is 7.44. The topological polar surface area (TPSA) is 70.9 Å². The monoisotopic (exact) mass is 388 g/mol. The lowest BCUT2D eigenvalue weighted by Crippen LogP contribution is -2.21. The summed E-state index contributed by atoms with van der Waals surface area (Å²) in [6, 6.07) is 0. The Balaban J connectivity index is 1.83. The first-order chi connectivity index (χ1) is 12.7. The quantitative estimate of drug-likeness (QED) is 0.690. The highest BCUT2D eigenvalue weighted by atomic mass is 19.4. The molecule has 9 heteroatoms. The molecule has 0 spiro atoms. The Labute approximate surface area is 155 Å². The van der Waals surface area contributed by atoms with Crippen LogP contribution in [0.3, 0.4) is 0 Å². The van der Waals surface area contributed by atoms with Gasteiger partial charge in [-0.25, -0.2) is 9.37 Å². The van der Waals surface area contributed by atoms with Crippen molar-refractivity contribution in [3.63, 3.8) is 0 Å². The molecule has 1 heterocycles. The smallest absolute Gasteiger partial charge is 0.386 e. The fourth-order valence-corrected chi connectivity index (χ4v) is 2.95. The van der Waals surface area contributed by atoms with Gasteiger partial charge in [-0.2, -0.15) is 23.1 Å². The summed E-state index contributed by atoms with van der Waals surface area (Å²) < 4.78 is 52.6. The number of aliphatic hydroxyl groups is 1. The number of hydrogen-bond donors (Lipinski definition) is 2. The number of aliphatic hydroxyl groups excluding tert-OH is 1. The van der Waals surface area contributed by atoms with Crippen molar-refractivity contribution in [3.8, 4) is 0 Å². The molecule has 1 aromatic heterocycles. The first kappa shape index (κ1) is 20.0. The first-order valence-corrected chi connectivity index (χ1v) is 9.36. The molecule has 1 saturated carbocycles. The van der Waals surface area contributed by atoms with Crippen molar-refractivity contribution in [1.29, 1.82) is 0 Å². The minimum Gasteiger partial charge on any atom is -0.386 e. The highest BCUT2D eigenvalue weighted by molar-refractivity contribution is 5.64. The molecule has 0 amide bonds. The molecule has 0 saturated heterocycles. The fraction of sp³-hybridized carbons (Fsp3) is 0.722. The number of allylic oxidation sites excluding steroid dienone is 1. The minimum atomic E-state index is -4.27.